The van der Waals surface area contributed by atoms with Gasteiger partial charge in [0.25, 0.3) is 0 Å². The van der Waals surface area contributed by atoms with Crippen LogP contribution in [-0.2, 0) is 4.79 Å². The van der Waals surface area contributed by atoms with Crippen LogP contribution in [0.5, 0.6) is 0 Å². The van der Waals surface area contributed by atoms with E-state index in [4.69, 9.17) is 0 Å². The van der Waals surface area contributed by atoms with Gasteiger partial charge in [0.1, 0.15) is 0 Å². The van der Waals surface area contributed by atoms with Crippen LogP contribution < -0.4 is 5.32 Å². The van der Waals surface area contributed by atoms with E-state index in [0.29, 0.717) is 18.5 Å². The lowest BCUT2D eigenvalue weighted by atomic mass is 10.0. The van der Waals surface area contributed by atoms with E-state index in [0.717, 1.165) is 25.9 Å². The molecule has 0 saturated carbocycles. The smallest absolute Gasteiger partial charge is 0.226 e. The molecule has 0 bridgehead atoms. The van der Waals surface area contributed by atoms with Gasteiger partial charge < -0.3 is 10.2 Å². The van der Waals surface area contributed by atoms with E-state index < -0.39 is 0 Å². The molecule has 0 aromatic carbocycles. The summed E-state index contributed by atoms with van der Waals surface area (Å²) in [5.74, 6) is 0.219. The second kappa shape index (κ2) is 5.91. The summed E-state index contributed by atoms with van der Waals surface area (Å²) < 4.78 is 0. The van der Waals surface area contributed by atoms with Gasteiger partial charge in [-0.25, -0.2) is 0 Å². The monoisotopic (exact) mass is 210 g/mol. The van der Waals surface area contributed by atoms with Gasteiger partial charge in [0.05, 0.1) is 0 Å². The van der Waals surface area contributed by atoms with Crippen LogP contribution in [-0.4, -0.2) is 36.0 Å². The first-order valence-corrected chi connectivity index (χ1v) is 5.86. The van der Waals surface area contributed by atoms with Crippen molar-refractivity contribution < 1.29 is 4.79 Å². The maximum Gasteiger partial charge on any atom is 0.226 e. The highest BCUT2D eigenvalue weighted by Crippen LogP contribution is 2.13. The van der Waals surface area contributed by atoms with Crippen molar-refractivity contribution in [2.24, 2.45) is 0 Å². The van der Waals surface area contributed by atoms with E-state index in [1.54, 1.807) is 6.08 Å². The number of rotatable bonds is 4. The normalized spacial score (nSPS) is 26.4. The van der Waals surface area contributed by atoms with Gasteiger partial charge in [-0.05, 0) is 12.8 Å². The van der Waals surface area contributed by atoms with Crippen LogP contribution in [0.2, 0.25) is 0 Å². The average Bonchev–Trinajstić information content (AvgIpc) is 2.28. The van der Waals surface area contributed by atoms with Crippen molar-refractivity contribution in [3.8, 4) is 0 Å². The van der Waals surface area contributed by atoms with Crippen molar-refractivity contribution in [3.63, 3.8) is 0 Å². The molecule has 15 heavy (non-hydrogen) atoms. The maximum absolute atomic E-state index is 11.9. The Labute approximate surface area is 92.5 Å². The SMILES string of the molecule is C=CCC(=O)N1CC(CC)NCC1CC. The Balaban J connectivity index is 2.61. The lowest BCUT2D eigenvalue weighted by molar-refractivity contribution is -0.134. The molecule has 1 saturated heterocycles. The minimum Gasteiger partial charge on any atom is -0.337 e. The molecular formula is C12H22N2O. The Morgan fingerprint density at radius 3 is 2.80 bits per heavy atom. The maximum atomic E-state index is 11.9. The second-order valence-electron chi connectivity index (χ2n) is 4.11. The fourth-order valence-corrected chi connectivity index (χ4v) is 2.05. The molecule has 1 amide bonds. The molecule has 3 nitrogen and oxygen atoms in total. The van der Waals surface area contributed by atoms with Crippen LogP contribution in [0.3, 0.4) is 0 Å². The average molecular weight is 210 g/mol. The fourth-order valence-electron chi connectivity index (χ4n) is 2.05. The molecule has 2 unspecified atom stereocenters. The molecule has 1 aliphatic rings. The lowest BCUT2D eigenvalue weighted by Gasteiger charge is -2.40. The zero-order valence-corrected chi connectivity index (χ0v) is 9.83. The van der Waals surface area contributed by atoms with Crippen LogP contribution in [0, 0.1) is 0 Å². The number of nitrogens with zero attached hydrogens (tertiary/aromatic N) is 1. The predicted octanol–water partition coefficient (Wildman–Crippen LogP) is 1.55. The van der Waals surface area contributed by atoms with Gasteiger partial charge in [-0.1, -0.05) is 19.9 Å². The van der Waals surface area contributed by atoms with Gasteiger partial charge in [-0.2, -0.15) is 0 Å². The third-order valence-corrected chi connectivity index (χ3v) is 3.10. The van der Waals surface area contributed by atoms with Gasteiger partial charge in [0.2, 0.25) is 5.91 Å². The minimum absolute atomic E-state index is 0.219. The van der Waals surface area contributed by atoms with Crippen molar-refractivity contribution >= 4 is 5.91 Å². The lowest BCUT2D eigenvalue weighted by Crippen LogP contribution is -2.57. The molecule has 86 valence electrons. The highest BCUT2D eigenvalue weighted by molar-refractivity contribution is 5.78. The molecule has 0 aromatic rings. The first-order chi connectivity index (χ1) is 7.22. The topological polar surface area (TPSA) is 32.3 Å². The summed E-state index contributed by atoms with van der Waals surface area (Å²) in [6, 6.07) is 0.821. The molecule has 0 radical (unpaired) electrons. The third-order valence-electron chi connectivity index (χ3n) is 3.10. The number of carbonyl (C=O) groups is 1. The fraction of sp³-hybridized carbons (Fsp3) is 0.750. The van der Waals surface area contributed by atoms with E-state index in [9.17, 15) is 4.79 Å². The highest BCUT2D eigenvalue weighted by atomic mass is 16.2. The Bertz CT molecular complexity index is 228. The van der Waals surface area contributed by atoms with E-state index in [2.05, 4.69) is 25.7 Å². The van der Waals surface area contributed by atoms with Crippen LogP contribution in [0.25, 0.3) is 0 Å². The summed E-state index contributed by atoms with van der Waals surface area (Å²) in [5.41, 5.74) is 0. The molecule has 1 fully saturated rings. The van der Waals surface area contributed by atoms with Crippen molar-refractivity contribution in [2.75, 3.05) is 13.1 Å². The zero-order chi connectivity index (χ0) is 11.3. The molecule has 1 aliphatic heterocycles. The molecule has 1 heterocycles. The number of nitrogens with one attached hydrogen (secondary N) is 1. The molecule has 0 spiro atoms. The molecule has 1 rings (SSSR count). The Morgan fingerprint density at radius 1 is 1.53 bits per heavy atom. The predicted molar refractivity (Wildman–Crippen MR) is 62.7 cm³/mol. The van der Waals surface area contributed by atoms with Crippen LogP contribution >= 0.6 is 0 Å². The van der Waals surface area contributed by atoms with Crippen molar-refractivity contribution in [1.82, 2.24) is 10.2 Å². The molecule has 0 aromatic heterocycles. The zero-order valence-electron chi connectivity index (χ0n) is 9.83. The van der Waals surface area contributed by atoms with Crippen molar-refractivity contribution in [3.05, 3.63) is 12.7 Å². The van der Waals surface area contributed by atoms with Crippen LogP contribution in [0.1, 0.15) is 33.1 Å². The minimum atomic E-state index is 0.219. The summed E-state index contributed by atoms with van der Waals surface area (Å²) in [4.78, 5) is 13.9. The quantitative estimate of drug-likeness (QED) is 0.714. The summed E-state index contributed by atoms with van der Waals surface area (Å²) in [5, 5.41) is 3.48. The number of hydrogen-bond donors (Lipinski definition) is 1. The van der Waals surface area contributed by atoms with E-state index >= 15 is 0 Å². The van der Waals surface area contributed by atoms with Crippen LogP contribution in [0.4, 0.5) is 0 Å². The summed E-state index contributed by atoms with van der Waals surface area (Å²) >= 11 is 0. The van der Waals surface area contributed by atoms with E-state index in [-0.39, 0.29) is 5.91 Å². The van der Waals surface area contributed by atoms with Crippen molar-refractivity contribution in [2.45, 2.75) is 45.2 Å². The Hall–Kier alpha value is -0.830. The van der Waals surface area contributed by atoms with Gasteiger partial charge in [-0.15, -0.1) is 6.58 Å². The number of amides is 1. The summed E-state index contributed by atoms with van der Waals surface area (Å²) in [6.07, 6.45) is 4.26. The molecule has 1 N–H and O–H groups in total. The molecule has 3 heteroatoms. The standard InChI is InChI=1S/C12H22N2O/c1-4-7-12(15)14-9-10(5-2)13-8-11(14)6-3/h4,10-11,13H,1,5-9H2,2-3H3. The summed E-state index contributed by atoms with van der Waals surface area (Å²) in [7, 11) is 0. The van der Waals surface area contributed by atoms with Crippen molar-refractivity contribution in [1.29, 1.82) is 0 Å². The first-order valence-electron chi connectivity index (χ1n) is 5.86. The van der Waals surface area contributed by atoms with Gasteiger partial charge in [0.15, 0.2) is 0 Å². The molecule has 2 atom stereocenters. The summed E-state index contributed by atoms with van der Waals surface area (Å²) in [6.45, 7) is 9.68. The number of carbonyl (C=O) groups excluding carboxylic acids is 1. The highest BCUT2D eigenvalue weighted by Gasteiger charge is 2.28. The number of hydrogen-bond acceptors (Lipinski definition) is 2. The van der Waals surface area contributed by atoms with Gasteiger partial charge >= 0.3 is 0 Å². The third kappa shape index (κ3) is 3.06. The molecule has 0 aliphatic carbocycles. The number of piperazine rings is 1. The second-order valence-corrected chi connectivity index (χ2v) is 4.11. The van der Waals surface area contributed by atoms with Crippen LogP contribution in [0.15, 0.2) is 12.7 Å². The first kappa shape index (κ1) is 12.2. The van der Waals surface area contributed by atoms with E-state index in [1.807, 2.05) is 4.90 Å². The van der Waals surface area contributed by atoms with Gasteiger partial charge in [-0.3, -0.25) is 4.79 Å². The Morgan fingerprint density at radius 2 is 2.27 bits per heavy atom. The van der Waals surface area contributed by atoms with E-state index in [1.165, 1.54) is 0 Å². The largest absolute Gasteiger partial charge is 0.337 e. The molecular weight excluding hydrogens is 188 g/mol. The van der Waals surface area contributed by atoms with Gasteiger partial charge in [0, 0.05) is 31.6 Å². The Kier molecular flexibility index (Phi) is 4.82.